The van der Waals surface area contributed by atoms with Gasteiger partial charge in [-0.3, -0.25) is 5.32 Å². The molecule has 2 aromatic rings. The van der Waals surface area contributed by atoms with Crippen LogP contribution in [-0.2, 0) is 17.7 Å². The Balaban J connectivity index is 1.73. The van der Waals surface area contributed by atoms with Crippen molar-refractivity contribution >= 4 is 17.6 Å². The van der Waals surface area contributed by atoms with Gasteiger partial charge in [-0.1, -0.05) is 0 Å². The normalized spacial score (nSPS) is 13.0. The summed E-state index contributed by atoms with van der Waals surface area (Å²) in [6.45, 7) is 3.70. The van der Waals surface area contributed by atoms with E-state index in [1.165, 1.54) is 11.1 Å². The number of carbonyl (C=O) groups is 1. The zero-order valence-electron chi connectivity index (χ0n) is 15.2. The Hall–Kier alpha value is -2.96. The molecule has 7 nitrogen and oxygen atoms in total. The molecule has 1 aliphatic rings. The Bertz CT molecular complexity index is 777. The fourth-order valence-corrected chi connectivity index (χ4v) is 3.01. The van der Waals surface area contributed by atoms with E-state index in [1.54, 1.807) is 27.3 Å². The molecule has 3 rings (SSSR count). The average Bonchev–Trinajstić information content (AvgIpc) is 2.67. The lowest BCUT2D eigenvalue weighted by Crippen LogP contribution is -2.31. The third kappa shape index (κ3) is 3.82. The van der Waals surface area contributed by atoms with Crippen LogP contribution in [0.5, 0.6) is 11.5 Å². The van der Waals surface area contributed by atoms with E-state index < -0.39 is 6.09 Å². The number of amides is 1. The summed E-state index contributed by atoms with van der Waals surface area (Å²) in [5.41, 5.74) is 3.07. The van der Waals surface area contributed by atoms with Gasteiger partial charge in [-0.05, 0) is 48.7 Å². The van der Waals surface area contributed by atoms with Crippen molar-refractivity contribution in [2.45, 2.75) is 19.9 Å². The fraction of sp³-hybridized carbons (Fsp3) is 0.368. The first kappa shape index (κ1) is 17.8. The monoisotopic (exact) mass is 357 g/mol. The van der Waals surface area contributed by atoms with E-state index in [4.69, 9.17) is 14.2 Å². The van der Waals surface area contributed by atoms with Gasteiger partial charge in [0.1, 0.15) is 5.82 Å². The van der Waals surface area contributed by atoms with E-state index in [-0.39, 0.29) is 0 Å². The number of methoxy groups -OCH3 is 2. The number of hydrogen-bond donors (Lipinski definition) is 1. The molecule has 1 aromatic heterocycles. The summed E-state index contributed by atoms with van der Waals surface area (Å²) < 4.78 is 15.6. The number of pyridine rings is 1. The number of anilines is 2. The number of carbonyl (C=O) groups excluding carboxylic acids is 1. The van der Waals surface area contributed by atoms with Gasteiger partial charge in [0.2, 0.25) is 0 Å². The molecule has 0 aliphatic carbocycles. The first-order valence-corrected chi connectivity index (χ1v) is 8.53. The minimum absolute atomic E-state index is 0.332. The highest BCUT2D eigenvalue weighted by Crippen LogP contribution is 2.34. The molecule has 0 unspecified atom stereocenters. The second-order valence-corrected chi connectivity index (χ2v) is 5.90. The van der Waals surface area contributed by atoms with Gasteiger partial charge in [-0.2, -0.15) is 0 Å². The zero-order chi connectivity index (χ0) is 18.5. The third-order valence-electron chi connectivity index (χ3n) is 4.31. The summed E-state index contributed by atoms with van der Waals surface area (Å²) in [7, 11) is 3.29. The number of aromatic nitrogens is 1. The second-order valence-electron chi connectivity index (χ2n) is 5.90. The maximum absolute atomic E-state index is 11.5. The number of nitrogens with zero attached hydrogens (tertiary/aromatic N) is 2. The van der Waals surface area contributed by atoms with Crippen LogP contribution in [0.2, 0.25) is 0 Å². The van der Waals surface area contributed by atoms with Crippen molar-refractivity contribution in [1.82, 2.24) is 4.98 Å². The summed E-state index contributed by atoms with van der Waals surface area (Å²) in [6, 6.07) is 7.79. The lowest BCUT2D eigenvalue weighted by atomic mass is 9.99. The molecule has 0 fully saturated rings. The molecule has 0 atom stereocenters. The van der Waals surface area contributed by atoms with E-state index in [0.717, 1.165) is 36.8 Å². The van der Waals surface area contributed by atoms with E-state index in [1.807, 2.05) is 24.3 Å². The molecular formula is C19H23N3O4. The standard InChI is InChI=1S/C19H23N3O4/c1-4-26-19(23)21-15-5-6-18(20-11-15)22-8-7-13-9-16(24-2)17(25-3)10-14(13)12-22/h5-6,9-11H,4,7-8,12H2,1-3H3,(H,21,23). The van der Waals surface area contributed by atoms with Crippen molar-refractivity contribution in [3.05, 3.63) is 41.6 Å². The van der Waals surface area contributed by atoms with Crippen molar-refractivity contribution in [1.29, 1.82) is 0 Å². The minimum Gasteiger partial charge on any atom is -0.493 e. The van der Waals surface area contributed by atoms with Gasteiger partial charge in [0.15, 0.2) is 11.5 Å². The summed E-state index contributed by atoms with van der Waals surface area (Å²) in [6.07, 6.45) is 2.06. The minimum atomic E-state index is -0.477. The van der Waals surface area contributed by atoms with Gasteiger partial charge in [-0.15, -0.1) is 0 Å². The van der Waals surface area contributed by atoms with Crippen molar-refractivity contribution in [2.75, 3.05) is 37.6 Å². The van der Waals surface area contributed by atoms with Gasteiger partial charge >= 0.3 is 6.09 Å². The zero-order valence-corrected chi connectivity index (χ0v) is 15.2. The largest absolute Gasteiger partial charge is 0.493 e. The van der Waals surface area contributed by atoms with Crippen molar-refractivity contribution in [2.24, 2.45) is 0 Å². The lowest BCUT2D eigenvalue weighted by molar-refractivity contribution is 0.168. The Kier molecular flexibility index (Phi) is 5.46. The molecule has 1 N–H and O–H groups in total. The van der Waals surface area contributed by atoms with Crippen LogP contribution in [0.4, 0.5) is 16.3 Å². The number of nitrogens with one attached hydrogen (secondary N) is 1. The number of rotatable bonds is 5. The van der Waals surface area contributed by atoms with Crippen LogP contribution in [-0.4, -0.2) is 38.4 Å². The Morgan fingerprint density at radius 3 is 2.54 bits per heavy atom. The van der Waals surface area contributed by atoms with Crippen molar-refractivity contribution < 1.29 is 19.0 Å². The number of ether oxygens (including phenoxy) is 3. The molecule has 1 aromatic carbocycles. The first-order chi connectivity index (χ1) is 12.6. The third-order valence-corrected chi connectivity index (χ3v) is 4.31. The molecular weight excluding hydrogens is 334 g/mol. The summed E-state index contributed by atoms with van der Waals surface area (Å²) in [5.74, 6) is 2.35. The van der Waals surface area contributed by atoms with Gasteiger partial charge in [0.05, 0.1) is 32.7 Å². The quantitative estimate of drug-likeness (QED) is 0.886. The summed E-state index contributed by atoms with van der Waals surface area (Å²) in [5, 5.41) is 2.64. The predicted octanol–water partition coefficient (Wildman–Crippen LogP) is 3.23. The highest BCUT2D eigenvalue weighted by atomic mass is 16.5. The summed E-state index contributed by atoms with van der Waals surface area (Å²) >= 11 is 0. The van der Waals surface area contributed by atoms with Crippen LogP contribution in [0.3, 0.4) is 0 Å². The topological polar surface area (TPSA) is 72.9 Å². The van der Waals surface area contributed by atoms with Crippen LogP contribution in [0, 0.1) is 0 Å². The van der Waals surface area contributed by atoms with Crippen LogP contribution >= 0.6 is 0 Å². The highest BCUT2D eigenvalue weighted by Gasteiger charge is 2.20. The maximum Gasteiger partial charge on any atom is 0.411 e. The Labute approximate surface area is 152 Å². The number of hydrogen-bond acceptors (Lipinski definition) is 6. The average molecular weight is 357 g/mol. The van der Waals surface area contributed by atoms with Crippen LogP contribution in [0.15, 0.2) is 30.5 Å². The molecule has 26 heavy (non-hydrogen) atoms. The van der Waals surface area contributed by atoms with E-state index in [9.17, 15) is 4.79 Å². The molecule has 1 aliphatic heterocycles. The molecule has 1 amide bonds. The SMILES string of the molecule is CCOC(=O)Nc1ccc(N2CCc3cc(OC)c(OC)cc3C2)nc1. The van der Waals surface area contributed by atoms with Gasteiger partial charge in [0, 0.05) is 13.1 Å². The molecule has 2 heterocycles. The molecule has 0 bridgehead atoms. The molecule has 0 spiro atoms. The second kappa shape index (κ2) is 7.95. The van der Waals surface area contributed by atoms with E-state index >= 15 is 0 Å². The smallest absolute Gasteiger partial charge is 0.411 e. The van der Waals surface area contributed by atoms with E-state index in [0.29, 0.717) is 12.3 Å². The van der Waals surface area contributed by atoms with Crippen molar-refractivity contribution in [3.8, 4) is 11.5 Å². The predicted molar refractivity (Wildman–Crippen MR) is 99.2 cm³/mol. The van der Waals surface area contributed by atoms with Gasteiger partial charge in [0.25, 0.3) is 0 Å². The van der Waals surface area contributed by atoms with Crippen LogP contribution < -0.4 is 19.7 Å². The lowest BCUT2D eigenvalue weighted by Gasteiger charge is -2.30. The van der Waals surface area contributed by atoms with Crippen molar-refractivity contribution in [3.63, 3.8) is 0 Å². The number of fused-ring (bicyclic) bond motifs is 1. The molecule has 0 saturated heterocycles. The Morgan fingerprint density at radius 1 is 1.19 bits per heavy atom. The van der Waals surface area contributed by atoms with Gasteiger partial charge in [-0.25, -0.2) is 9.78 Å². The Morgan fingerprint density at radius 2 is 1.92 bits per heavy atom. The van der Waals surface area contributed by atoms with Crippen LogP contribution in [0.25, 0.3) is 0 Å². The molecule has 0 radical (unpaired) electrons. The maximum atomic E-state index is 11.5. The van der Waals surface area contributed by atoms with Crippen LogP contribution in [0.1, 0.15) is 18.1 Å². The molecule has 138 valence electrons. The van der Waals surface area contributed by atoms with Gasteiger partial charge < -0.3 is 19.1 Å². The highest BCUT2D eigenvalue weighted by molar-refractivity contribution is 5.84. The fourth-order valence-electron chi connectivity index (χ4n) is 3.01. The van der Waals surface area contributed by atoms with E-state index in [2.05, 4.69) is 15.2 Å². The summed E-state index contributed by atoms with van der Waals surface area (Å²) in [4.78, 5) is 18.1. The molecule has 7 heteroatoms. The molecule has 0 saturated carbocycles. The first-order valence-electron chi connectivity index (χ1n) is 8.53. The number of benzene rings is 1.